The van der Waals surface area contributed by atoms with Crippen molar-refractivity contribution < 1.29 is 18.7 Å². The molecule has 1 N–H and O–H groups in total. The number of ether oxygens (including phenoxy) is 1. The first-order chi connectivity index (χ1) is 13.3. The number of amides is 1. The molecule has 3 aromatic rings. The van der Waals surface area contributed by atoms with Crippen molar-refractivity contribution in [3.8, 4) is 5.69 Å². The number of benzene rings is 1. The van der Waals surface area contributed by atoms with Crippen molar-refractivity contribution in [1.29, 1.82) is 0 Å². The Morgan fingerprint density at radius 3 is 2.61 bits per heavy atom. The van der Waals surface area contributed by atoms with Gasteiger partial charge in [-0.25, -0.2) is 23.5 Å². The highest BCUT2D eigenvalue weighted by Crippen LogP contribution is 2.13. The first-order valence-corrected chi connectivity index (χ1v) is 8.55. The molecule has 3 rings (SSSR count). The number of anilines is 1. The van der Waals surface area contributed by atoms with Crippen LogP contribution in [0, 0.1) is 12.7 Å². The van der Waals surface area contributed by atoms with E-state index >= 15 is 0 Å². The quantitative estimate of drug-likeness (QED) is 0.652. The van der Waals surface area contributed by atoms with Crippen LogP contribution in [0.1, 0.15) is 36.3 Å². The van der Waals surface area contributed by atoms with Gasteiger partial charge < -0.3 is 10.1 Å². The van der Waals surface area contributed by atoms with E-state index in [4.69, 9.17) is 4.74 Å². The summed E-state index contributed by atoms with van der Waals surface area (Å²) in [6.45, 7) is 5.00. The maximum atomic E-state index is 13.1. The van der Waals surface area contributed by atoms with Crippen molar-refractivity contribution in [3.63, 3.8) is 0 Å². The smallest absolute Gasteiger partial charge is 0.378 e. The topological polar surface area (TPSA) is 104 Å². The van der Waals surface area contributed by atoms with Gasteiger partial charge in [0.1, 0.15) is 17.5 Å². The second-order valence-electron chi connectivity index (χ2n) is 6.25. The second-order valence-corrected chi connectivity index (χ2v) is 6.25. The third-order valence-electron chi connectivity index (χ3n) is 3.78. The molecule has 0 fully saturated rings. The Bertz CT molecular complexity index is 993. The van der Waals surface area contributed by atoms with Crippen molar-refractivity contribution in [2.45, 2.75) is 26.8 Å². The number of aryl methyl sites for hydroxylation is 1. The minimum absolute atomic E-state index is 0.0652. The van der Waals surface area contributed by atoms with Gasteiger partial charge in [0.25, 0.3) is 11.7 Å². The molecule has 0 radical (unpaired) electrons. The summed E-state index contributed by atoms with van der Waals surface area (Å²) in [5.74, 6) is -0.996. The molecule has 0 aliphatic rings. The van der Waals surface area contributed by atoms with Crippen LogP contribution in [0.3, 0.4) is 0 Å². The van der Waals surface area contributed by atoms with E-state index in [9.17, 15) is 14.0 Å². The van der Waals surface area contributed by atoms with E-state index in [2.05, 4.69) is 20.5 Å². The van der Waals surface area contributed by atoms with Crippen LogP contribution >= 0.6 is 0 Å². The number of rotatable bonds is 6. The van der Waals surface area contributed by atoms with Crippen molar-refractivity contribution in [3.05, 3.63) is 54.0 Å². The fourth-order valence-corrected chi connectivity index (χ4v) is 2.50. The fourth-order valence-electron chi connectivity index (χ4n) is 2.50. The first-order valence-electron chi connectivity index (χ1n) is 8.55. The first kappa shape index (κ1) is 19.2. The Labute approximate surface area is 160 Å². The summed E-state index contributed by atoms with van der Waals surface area (Å²) in [7, 11) is 0. The predicted octanol–water partition coefficient (Wildman–Crippen LogP) is 2.29. The zero-order chi connectivity index (χ0) is 20.3. The molecule has 1 amide bonds. The number of aromatic nitrogens is 5. The standard InChI is InChI=1S/C18H19FN6O3/c1-11(2)24-15(8-9-20-24)22-16(26)10-28-18(27)17-21-12(3)25(23-17)14-6-4-13(19)5-7-14/h4-9,11H,10H2,1-3H3,(H,22,26). The van der Waals surface area contributed by atoms with Crippen LogP contribution in [-0.4, -0.2) is 43.0 Å². The third-order valence-corrected chi connectivity index (χ3v) is 3.78. The Kier molecular flexibility index (Phi) is 5.48. The van der Waals surface area contributed by atoms with Crippen LogP contribution in [0.4, 0.5) is 10.2 Å². The molecule has 0 aliphatic heterocycles. The van der Waals surface area contributed by atoms with Crippen molar-refractivity contribution in [2.75, 3.05) is 11.9 Å². The normalized spacial score (nSPS) is 10.9. The van der Waals surface area contributed by atoms with Crippen LogP contribution in [0.25, 0.3) is 5.69 Å². The highest BCUT2D eigenvalue weighted by Gasteiger charge is 2.18. The molecule has 0 unspecified atom stereocenters. The Morgan fingerprint density at radius 1 is 1.21 bits per heavy atom. The van der Waals surface area contributed by atoms with E-state index in [-0.39, 0.29) is 17.7 Å². The molecular formula is C18H19FN6O3. The zero-order valence-corrected chi connectivity index (χ0v) is 15.6. The minimum atomic E-state index is -0.837. The summed E-state index contributed by atoms with van der Waals surface area (Å²) in [6.07, 6.45) is 1.57. The van der Waals surface area contributed by atoms with Gasteiger partial charge in [0.15, 0.2) is 6.61 Å². The van der Waals surface area contributed by atoms with Gasteiger partial charge in [-0.2, -0.15) is 5.10 Å². The van der Waals surface area contributed by atoms with Gasteiger partial charge in [-0.3, -0.25) is 4.79 Å². The van der Waals surface area contributed by atoms with Gasteiger partial charge in [0.2, 0.25) is 0 Å². The lowest BCUT2D eigenvalue weighted by Crippen LogP contribution is -2.23. The number of halogens is 1. The Hall–Kier alpha value is -3.56. The molecule has 0 aliphatic carbocycles. The summed E-state index contributed by atoms with van der Waals surface area (Å²) in [5.41, 5.74) is 0.546. The van der Waals surface area contributed by atoms with Gasteiger partial charge in [-0.1, -0.05) is 0 Å². The number of carbonyl (C=O) groups excluding carboxylic acids is 2. The average molecular weight is 386 g/mol. The van der Waals surface area contributed by atoms with Crippen LogP contribution in [0.2, 0.25) is 0 Å². The second kappa shape index (κ2) is 7.99. The molecule has 0 saturated carbocycles. The Balaban J connectivity index is 1.62. The molecule has 0 saturated heterocycles. The molecule has 9 nitrogen and oxygen atoms in total. The predicted molar refractivity (Wildman–Crippen MR) is 97.6 cm³/mol. The number of esters is 1. The van der Waals surface area contributed by atoms with Crippen LogP contribution in [0.5, 0.6) is 0 Å². The molecule has 28 heavy (non-hydrogen) atoms. The molecule has 2 aromatic heterocycles. The molecule has 2 heterocycles. The highest BCUT2D eigenvalue weighted by molar-refractivity contribution is 5.93. The van der Waals surface area contributed by atoms with E-state index in [0.29, 0.717) is 17.3 Å². The molecular weight excluding hydrogens is 367 g/mol. The summed E-state index contributed by atoms with van der Waals surface area (Å²) in [4.78, 5) is 28.2. The van der Waals surface area contributed by atoms with Crippen LogP contribution in [0.15, 0.2) is 36.5 Å². The minimum Gasteiger partial charge on any atom is -0.450 e. The van der Waals surface area contributed by atoms with Gasteiger partial charge in [0.05, 0.1) is 11.9 Å². The lowest BCUT2D eigenvalue weighted by atomic mass is 10.3. The van der Waals surface area contributed by atoms with E-state index in [0.717, 1.165) is 0 Å². The molecule has 0 spiro atoms. The largest absolute Gasteiger partial charge is 0.450 e. The van der Waals surface area contributed by atoms with Gasteiger partial charge in [-0.05, 0) is 45.0 Å². The zero-order valence-electron chi connectivity index (χ0n) is 15.6. The van der Waals surface area contributed by atoms with Crippen molar-refractivity contribution in [1.82, 2.24) is 24.5 Å². The van der Waals surface area contributed by atoms with Gasteiger partial charge in [0, 0.05) is 12.1 Å². The Morgan fingerprint density at radius 2 is 1.93 bits per heavy atom. The lowest BCUT2D eigenvalue weighted by molar-refractivity contribution is -0.119. The van der Waals surface area contributed by atoms with Crippen LogP contribution < -0.4 is 5.32 Å². The number of nitrogens with zero attached hydrogens (tertiary/aromatic N) is 5. The molecule has 0 bridgehead atoms. The number of hydrogen-bond donors (Lipinski definition) is 1. The molecule has 10 heteroatoms. The number of carbonyl (C=O) groups is 2. The van der Waals surface area contributed by atoms with E-state index < -0.39 is 18.5 Å². The van der Waals surface area contributed by atoms with Crippen LogP contribution in [-0.2, 0) is 9.53 Å². The fraction of sp³-hybridized carbons (Fsp3) is 0.278. The average Bonchev–Trinajstić information content (AvgIpc) is 3.27. The highest BCUT2D eigenvalue weighted by atomic mass is 19.1. The molecule has 0 atom stereocenters. The summed E-state index contributed by atoms with van der Waals surface area (Å²) in [6, 6.07) is 7.29. The molecule has 146 valence electrons. The van der Waals surface area contributed by atoms with Gasteiger partial charge in [-0.15, -0.1) is 5.10 Å². The maximum Gasteiger partial charge on any atom is 0.378 e. The molecule has 1 aromatic carbocycles. The summed E-state index contributed by atoms with van der Waals surface area (Å²) < 4.78 is 21.1. The third kappa shape index (κ3) is 4.22. The monoisotopic (exact) mass is 386 g/mol. The summed E-state index contributed by atoms with van der Waals surface area (Å²) in [5, 5.41) is 10.8. The lowest BCUT2D eigenvalue weighted by Gasteiger charge is -2.11. The van der Waals surface area contributed by atoms with E-state index in [1.165, 1.54) is 28.9 Å². The van der Waals surface area contributed by atoms with E-state index in [1.54, 1.807) is 23.9 Å². The number of hydrogen-bond acceptors (Lipinski definition) is 6. The SMILES string of the molecule is Cc1nc(C(=O)OCC(=O)Nc2ccnn2C(C)C)nn1-c1ccc(F)cc1. The van der Waals surface area contributed by atoms with Crippen molar-refractivity contribution >= 4 is 17.7 Å². The maximum absolute atomic E-state index is 13.1. The van der Waals surface area contributed by atoms with E-state index in [1.807, 2.05) is 13.8 Å². The number of nitrogens with one attached hydrogen (secondary N) is 1. The summed E-state index contributed by atoms with van der Waals surface area (Å²) >= 11 is 0. The van der Waals surface area contributed by atoms with Gasteiger partial charge >= 0.3 is 5.97 Å². The van der Waals surface area contributed by atoms with Crippen molar-refractivity contribution in [2.24, 2.45) is 0 Å².